The Kier molecular flexibility index (Phi) is 8.13. The van der Waals surface area contributed by atoms with Gasteiger partial charge in [0, 0.05) is 0 Å². The van der Waals surface area contributed by atoms with Crippen molar-refractivity contribution in [2.75, 3.05) is 20.6 Å². The second kappa shape index (κ2) is 8.15. The normalized spacial score (nSPS) is 15.6. The molecule has 0 aromatic rings. The molecule has 0 fully saturated rings. The fraction of sp³-hybridized carbons (Fsp3) is 1.00. The van der Waals surface area contributed by atoms with Crippen molar-refractivity contribution in [1.82, 2.24) is 4.90 Å². The van der Waals surface area contributed by atoms with E-state index in [1.165, 1.54) is 51.5 Å². The van der Waals surface area contributed by atoms with Crippen LogP contribution in [0.3, 0.4) is 0 Å². The molecule has 0 radical (unpaired) electrons. The van der Waals surface area contributed by atoms with Gasteiger partial charge in [0.05, 0.1) is 0 Å². The lowest BCUT2D eigenvalue weighted by molar-refractivity contribution is 0.218. The smallest absolute Gasteiger partial charge is 0.00196 e. The third kappa shape index (κ3) is 7.84. The number of unbranched alkanes of at least 4 members (excludes halogenated alkanes) is 3. The lowest BCUT2D eigenvalue weighted by Gasteiger charge is -2.29. The first-order valence-corrected chi connectivity index (χ1v) is 6.69. The van der Waals surface area contributed by atoms with E-state index < -0.39 is 0 Å². The van der Waals surface area contributed by atoms with E-state index in [1.54, 1.807) is 0 Å². The average molecular weight is 213 g/mol. The molecule has 1 nitrogen and oxygen atoms in total. The molecule has 0 heterocycles. The van der Waals surface area contributed by atoms with Gasteiger partial charge in [-0.05, 0) is 38.9 Å². The van der Waals surface area contributed by atoms with E-state index in [-0.39, 0.29) is 0 Å². The molecule has 0 aromatic heterocycles. The Morgan fingerprint density at radius 2 is 1.60 bits per heavy atom. The highest BCUT2D eigenvalue weighted by Crippen LogP contribution is 2.32. The van der Waals surface area contributed by atoms with Gasteiger partial charge in [0.25, 0.3) is 0 Å². The Morgan fingerprint density at radius 3 is 2.07 bits per heavy atom. The quantitative estimate of drug-likeness (QED) is 0.515. The van der Waals surface area contributed by atoms with Crippen LogP contribution in [-0.2, 0) is 0 Å². The Bertz CT molecular complexity index is 142. The van der Waals surface area contributed by atoms with Crippen LogP contribution in [0, 0.1) is 5.41 Å². The molecule has 15 heavy (non-hydrogen) atoms. The highest BCUT2D eigenvalue weighted by Gasteiger charge is 2.21. The first-order valence-electron chi connectivity index (χ1n) is 6.69. The lowest BCUT2D eigenvalue weighted by atomic mass is 9.79. The van der Waals surface area contributed by atoms with E-state index in [1.807, 2.05) is 0 Å². The van der Waals surface area contributed by atoms with Crippen LogP contribution in [-0.4, -0.2) is 25.5 Å². The molecule has 0 rings (SSSR count). The molecule has 1 heteroatoms. The van der Waals surface area contributed by atoms with Gasteiger partial charge < -0.3 is 4.90 Å². The second-order valence-corrected chi connectivity index (χ2v) is 5.53. The van der Waals surface area contributed by atoms with E-state index in [2.05, 4.69) is 39.8 Å². The molecule has 0 aromatic carbocycles. The number of nitrogens with zero attached hydrogens (tertiary/aromatic N) is 1. The molecular formula is C14H31N. The molecule has 1 atom stereocenters. The van der Waals surface area contributed by atoms with Crippen molar-refractivity contribution in [3.63, 3.8) is 0 Å². The molecule has 0 spiro atoms. The summed E-state index contributed by atoms with van der Waals surface area (Å²) in [7, 11) is 4.35. The van der Waals surface area contributed by atoms with Crippen LogP contribution < -0.4 is 0 Å². The maximum Gasteiger partial charge on any atom is -0.00196 e. The molecule has 0 saturated heterocycles. The van der Waals surface area contributed by atoms with Crippen LogP contribution >= 0.6 is 0 Å². The predicted octanol–water partition coefficient (Wildman–Crippen LogP) is 4.32. The van der Waals surface area contributed by atoms with Gasteiger partial charge >= 0.3 is 0 Å². The first kappa shape index (κ1) is 15.0. The van der Waals surface area contributed by atoms with Crippen molar-refractivity contribution in [3.05, 3.63) is 0 Å². The van der Waals surface area contributed by atoms with Crippen LogP contribution in [0.25, 0.3) is 0 Å². The molecule has 0 aliphatic heterocycles. The minimum atomic E-state index is 0.581. The van der Waals surface area contributed by atoms with E-state index in [9.17, 15) is 0 Å². The minimum absolute atomic E-state index is 0.581. The standard InChI is InChI=1S/C14H31N/c1-6-8-9-10-11-14(3,7-2)12-13-15(4)5/h6-13H2,1-5H3. The molecule has 0 N–H and O–H groups in total. The van der Waals surface area contributed by atoms with Gasteiger partial charge in [-0.25, -0.2) is 0 Å². The Balaban J connectivity index is 3.75. The second-order valence-electron chi connectivity index (χ2n) is 5.53. The molecule has 92 valence electrons. The molecule has 0 bridgehead atoms. The van der Waals surface area contributed by atoms with E-state index in [0.717, 1.165) is 0 Å². The molecule has 1 unspecified atom stereocenters. The van der Waals surface area contributed by atoms with Gasteiger partial charge in [0.15, 0.2) is 0 Å². The van der Waals surface area contributed by atoms with E-state index in [4.69, 9.17) is 0 Å². The zero-order valence-corrected chi connectivity index (χ0v) is 11.6. The molecule has 0 amide bonds. The van der Waals surface area contributed by atoms with Crippen molar-refractivity contribution < 1.29 is 0 Å². The van der Waals surface area contributed by atoms with Crippen molar-refractivity contribution in [3.8, 4) is 0 Å². The van der Waals surface area contributed by atoms with E-state index >= 15 is 0 Å². The summed E-state index contributed by atoms with van der Waals surface area (Å²) in [4.78, 5) is 2.31. The topological polar surface area (TPSA) is 3.24 Å². The summed E-state index contributed by atoms with van der Waals surface area (Å²) < 4.78 is 0. The van der Waals surface area contributed by atoms with Crippen molar-refractivity contribution >= 4 is 0 Å². The number of hydrogen-bond donors (Lipinski definition) is 0. The van der Waals surface area contributed by atoms with Gasteiger partial charge in [-0.1, -0.05) is 52.9 Å². The summed E-state index contributed by atoms with van der Waals surface area (Å²) in [5.41, 5.74) is 0.581. The maximum atomic E-state index is 2.46. The third-order valence-corrected chi connectivity index (χ3v) is 3.65. The Labute approximate surface area is 97.2 Å². The van der Waals surface area contributed by atoms with E-state index in [0.29, 0.717) is 5.41 Å². The minimum Gasteiger partial charge on any atom is -0.309 e. The molecule has 0 aliphatic carbocycles. The zero-order chi connectivity index (χ0) is 11.7. The number of rotatable bonds is 9. The Hall–Kier alpha value is -0.0400. The van der Waals surface area contributed by atoms with Crippen LogP contribution in [0.5, 0.6) is 0 Å². The van der Waals surface area contributed by atoms with Crippen molar-refractivity contribution in [2.24, 2.45) is 5.41 Å². The van der Waals surface area contributed by atoms with Crippen LogP contribution in [0.1, 0.15) is 65.7 Å². The molecule has 0 aliphatic rings. The van der Waals surface area contributed by atoms with Crippen LogP contribution in [0.2, 0.25) is 0 Å². The third-order valence-electron chi connectivity index (χ3n) is 3.65. The lowest BCUT2D eigenvalue weighted by Crippen LogP contribution is -2.23. The van der Waals surface area contributed by atoms with Gasteiger partial charge in [0.1, 0.15) is 0 Å². The van der Waals surface area contributed by atoms with Crippen LogP contribution in [0.15, 0.2) is 0 Å². The highest BCUT2D eigenvalue weighted by molar-refractivity contribution is 4.73. The first-order chi connectivity index (χ1) is 7.04. The molecule has 0 saturated carbocycles. The zero-order valence-electron chi connectivity index (χ0n) is 11.6. The van der Waals surface area contributed by atoms with Crippen molar-refractivity contribution in [2.45, 2.75) is 65.7 Å². The van der Waals surface area contributed by atoms with Gasteiger partial charge in [0.2, 0.25) is 0 Å². The summed E-state index contributed by atoms with van der Waals surface area (Å²) in [6, 6.07) is 0. The van der Waals surface area contributed by atoms with Gasteiger partial charge in [-0.2, -0.15) is 0 Å². The number of hydrogen-bond acceptors (Lipinski definition) is 1. The Morgan fingerprint density at radius 1 is 0.933 bits per heavy atom. The van der Waals surface area contributed by atoms with Crippen molar-refractivity contribution in [1.29, 1.82) is 0 Å². The fourth-order valence-electron chi connectivity index (χ4n) is 1.95. The SMILES string of the molecule is CCCCCCC(C)(CC)CCN(C)C. The summed E-state index contributed by atoms with van der Waals surface area (Å²) >= 11 is 0. The average Bonchev–Trinajstić information content (AvgIpc) is 2.22. The van der Waals surface area contributed by atoms with Gasteiger partial charge in [-0.3, -0.25) is 0 Å². The predicted molar refractivity (Wildman–Crippen MR) is 70.3 cm³/mol. The van der Waals surface area contributed by atoms with Crippen LogP contribution in [0.4, 0.5) is 0 Å². The summed E-state index contributed by atoms with van der Waals surface area (Å²) in [6.07, 6.45) is 9.70. The highest BCUT2D eigenvalue weighted by atomic mass is 15.0. The summed E-state index contributed by atoms with van der Waals surface area (Å²) in [6.45, 7) is 8.32. The maximum absolute atomic E-state index is 2.46. The largest absolute Gasteiger partial charge is 0.309 e. The summed E-state index contributed by atoms with van der Waals surface area (Å²) in [5, 5.41) is 0. The monoisotopic (exact) mass is 213 g/mol. The molecular weight excluding hydrogens is 182 g/mol. The summed E-state index contributed by atoms with van der Waals surface area (Å²) in [5.74, 6) is 0. The fourth-order valence-corrected chi connectivity index (χ4v) is 1.95. The van der Waals surface area contributed by atoms with Gasteiger partial charge in [-0.15, -0.1) is 0 Å².